The van der Waals surface area contributed by atoms with Gasteiger partial charge in [-0.05, 0) is 42.1 Å². The molecule has 1 aromatic carbocycles. The summed E-state index contributed by atoms with van der Waals surface area (Å²) in [6.07, 6.45) is 1.16. The normalized spacial score (nSPS) is 12.8. The molecular weight excluding hydrogens is 251 g/mol. The van der Waals surface area contributed by atoms with Crippen molar-refractivity contribution in [2.75, 3.05) is 25.0 Å². The van der Waals surface area contributed by atoms with Crippen LogP contribution in [0.15, 0.2) is 18.2 Å². The fourth-order valence-corrected chi connectivity index (χ4v) is 2.26. The van der Waals surface area contributed by atoms with E-state index in [0.29, 0.717) is 11.8 Å². The highest BCUT2D eigenvalue weighted by Gasteiger charge is 2.11. The number of nitrogens with one attached hydrogen (secondary N) is 1. The van der Waals surface area contributed by atoms with E-state index in [4.69, 9.17) is 0 Å². The van der Waals surface area contributed by atoms with Crippen LogP contribution in [0.25, 0.3) is 0 Å². The first-order valence-electron chi connectivity index (χ1n) is 7.64. The van der Waals surface area contributed by atoms with Crippen LogP contribution in [0.3, 0.4) is 0 Å². The van der Waals surface area contributed by atoms with Gasteiger partial charge in [0.2, 0.25) is 0 Å². The summed E-state index contributed by atoms with van der Waals surface area (Å²) >= 11 is 0. The molecular formula is C17H29FN2. The van der Waals surface area contributed by atoms with Crippen molar-refractivity contribution in [1.82, 2.24) is 5.32 Å². The Morgan fingerprint density at radius 3 is 2.55 bits per heavy atom. The molecule has 0 spiro atoms. The summed E-state index contributed by atoms with van der Waals surface area (Å²) in [5.74, 6) is 1.08. The third kappa shape index (κ3) is 5.49. The molecule has 0 aromatic heterocycles. The van der Waals surface area contributed by atoms with Gasteiger partial charge in [0.25, 0.3) is 0 Å². The maximum Gasteiger partial charge on any atom is 0.123 e. The van der Waals surface area contributed by atoms with Gasteiger partial charge in [-0.1, -0.05) is 34.1 Å². The number of hydrogen-bond donors (Lipinski definition) is 1. The monoisotopic (exact) mass is 280 g/mol. The van der Waals surface area contributed by atoms with Crippen LogP contribution in [0.4, 0.5) is 10.1 Å². The molecule has 20 heavy (non-hydrogen) atoms. The van der Waals surface area contributed by atoms with Gasteiger partial charge in [0.05, 0.1) is 0 Å². The topological polar surface area (TPSA) is 15.3 Å². The summed E-state index contributed by atoms with van der Waals surface area (Å²) in [5.41, 5.74) is 2.17. The lowest BCUT2D eigenvalue weighted by atomic mass is 10.1. The second-order valence-electron chi connectivity index (χ2n) is 6.19. The van der Waals surface area contributed by atoms with Crippen LogP contribution in [-0.2, 0) is 6.54 Å². The first-order chi connectivity index (χ1) is 9.43. The van der Waals surface area contributed by atoms with Crippen LogP contribution < -0.4 is 10.2 Å². The van der Waals surface area contributed by atoms with Crippen molar-refractivity contribution >= 4 is 5.69 Å². The SMILES string of the molecule is CCC(C)CN(C)c1ccc(F)cc1CNCC(C)C. The molecule has 3 heteroatoms. The van der Waals surface area contributed by atoms with E-state index in [1.54, 1.807) is 12.1 Å². The number of nitrogens with zero attached hydrogens (tertiary/aromatic N) is 1. The van der Waals surface area contributed by atoms with Gasteiger partial charge in [0.1, 0.15) is 5.82 Å². The first kappa shape index (κ1) is 17.0. The van der Waals surface area contributed by atoms with Gasteiger partial charge in [-0.15, -0.1) is 0 Å². The second kappa shape index (κ2) is 8.25. The van der Waals surface area contributed by atoms with Gasteiger partial charge >= 0.3 is 0 Å². The Hall–Kier alpha value is -1.09. The molecule has 0 radical (unpaired) electrons. The van der Waals surface area contributed by atoms with E-state index in [9.17, 15) is 4.39 Å². The molecule has 0 aliphatic heterocycles. The molecule has 0 amide bonds. The van der Waals surface area contributed by atoms with Crippen molar-refractivity contribution in [2.45, 2.75) is 40.7 Å². The van der Waals surface area contributed by atoms with E-state index in [2.05, 4.69) is 45.0 Å². The fraction of sp³-hybridized carbons (Fsp3) is 0.647. The van der Waals surface area contributed by atoms with Gasteiger partial charge in [0.15, 0.2) is 0 Å². The minimum atomic E-state index is -0.160. The van der Waals surface area contributed by atoms with Crippen LogP contribution in [0.2, 0.25) is 0 Å². The van der Waals surface area contributed by atoms with Gasteiger partial charge in [-0.3, -0.25) is 0 Å². The Labute approximate surface area is 123 Å². The van der Waals surface area contributed by atoms with Crippen molar-refractivity contribution in [3.8, 4) is 0 Å². The van der Waals surface area contributed by atoms with E-state index in [-0.39, 0.29) is 5.82 Å². The Kier molecular flexibility index (Phi) is 7.00. The smallest absolute Gasteiger partial charge is 0.123 e. The van der Waals surface area contributed by atoms with Crippen molar-refractivity contribution < 1.29 is 4.39 Å². The van der Waals surface area contributed by atoms with Gasteiger partial charge in [-0.2, -0.15) is 0 Å². The second-order valence-corrected chi connectivity index (χ2v) is 6.19. The molecule has 1 unspecified atom stereocenters. The lowest BCUT2D eigenvalue weighted by molar-refractivity contribution is 0.544. The molecule has 114 valence electrons. The number of halogens is 1. The summed E-state index contributed by atoms with van der Waals surface area (Å²) in [6.45, 7) is 11.5. The molecule has 0 saturated carbocycles. The van der Waals surface area contributed by atoms with E-state index < -0.39 is 0 Å². The summed E-state index contributed by atoms with van der Waals surface area (Å²) in [7, 11) is 2.09. The van der Waals surface area contributed by atoms with E-state index >= 15 is 0 Å². The number of hydrogen-bond acceptors (Lipinski definition) is 2. The maximum absolute atomic E-state index is 13.5. The van der Waals surface area contributed by atoms with Crippen LogP contribution in [0, 0.1) is 17.7 Å². The third-order valence-electron chi connectivity index (χ3n) is 3.60. The van der Waals surface area contributed by atoms with Crippen LogP contribution in [0.1, 0.15) is 39.7 Å². The zero-order chi connectivity index (χ0) is 15.1. The fourth-order valence-electron chi connectivity index (χ4n) is 2.26. The highest BCUT2D eigenvalue weighted by molar-refractivity contribution is 5.53. The number of rotatable bonds is 8. The van der Waals surface area contributed by atoms with E-state index in [1.807, 2.05) is 6.07 Å². The largest absolute Gasteiger partial charge is 0.374 e. The molecule has 0 aliphatic carbocycles. The molecule has 0 aliphatic rings. The zero-order valence-electron chi connectivity index (χ0n) is 13.5. The molecule has 1 atom stereocenters. The quantitative estimate of drug-likeness (QED) is 0.772. The Bertz CT molecular complexity index is 404. The standard InChI is InChI=1S/C17H29FN2/c1-6-14(4)12-20(5)17-8-7-16(18)9-15(17)11-19-10-13(2)3/h7-9,13-14,19H,6,10-12H2,1-5H3. The third-order valence-corrected chi connectivity index (χ3v) is 3.60. The average Bonchev–Trinajstić information content (AvgIpc) is 2.38. The molecule has 0 bridgehead atoms. The summed E-state index contributed by atoms with van der Waals surface area (Å²) < 4.78 is 13.5. The van der Waals surface area contributed by atoms with Crippen LogP contribution in [0.5, 0.6) is 0 Å². The average molecular weight is 280 g/mol. The van der Waals surface area contributed by atoms with Crippen LogP contribution >= 0.6 is 0 Å². The lowest BCUT2D eigenvalue weighted by Crippen LogP contribution is -2.26. The zero-order valence-corrected chi connectivity index (χ0v) is 13.5. The molecule has 1 N–H and O–H groups in total. The van der Waals surface area contributed by atoms with Crippen molar-refractivity contribution in [1.29, 1.82) is 0 Å². The van der Waals surface area contributed by atoms with Crippen molar-refractivity contribution in [2.24, 2.45) is 11.8 Å². The van der Waals surface area contributed by atoms with E-state index in [1.165, 1.54) is 0 Å². The molecule has 0 heterocycles. The molecule has 0 saturated heterocycles. The summed E-state index contributed by atoms with van der Waals surface area (Å²) in [6, 6.07) is 5.09. The minimum Gasteiger partial charge on any atom is -0.374 e. The first-order valence-corrected chi connectivity index (χ1v) is 7.64. The maximum atomic E-state index is 13.5. The van der Waals surface area contributed by atoms with Gasteiger partial charge < -0.3 is 10.2 Å². The Morgan fingerprint density at radius 1 is 1.25 bits per heavy atom. The summed E-state index contributed by atoms with van der Waals surface area (Å²) in [4.78, 5) is 2.24. The highest BCUT2D eigenvalue weighted by atomic mass is 19.1. The van der Waals surface area contributed by atoms with Crippen molar-refractivity contribution in [3.05, 3.63) is 29.6 Å². The summed E-state index contributed by atoms with van der Waals surface area (Å²) in [5, 5.41) is 3.40. The predicted octanol–water partition coefficient (Wildman–Crippen LogP) is 4.05. The van der Waals surface area contributed by atoms with Crippen LogP contribution in [-0.4, -0.2) is 20.1 Å². The molecule has 1 aromatic rings. The van der Waals surface area contributed by atoms with Gasteiger partial charge in [-0.25, -0.2) is 4.39 Å². The Balaban J connectivity index is 2.78. The molecule has 2 nitrogen and oxygen atoms in total. The van der Waals surface area contributed by atoms with Gasteiger partial charge in [0, 0.05) is 25.8 Å². The molecule has 1 rings (SSSR count). The lowest BCUT2D eigenvalue weighted by Gasteiger charge is -2.25. The molecule has 0 fully saturated rings. The minimum absolute atomic E-state index is 0.160. The number of benzene rings is 1. The highest BCUT2D eigenvalue weighted by Crippen LogP contribution is 2.22. The van der Waals surface area contributed by atoms with Crippen molar-refractivity contribution in [3.63, 3.8) is 0 Å². The predicted molar refractivity (Wildman–Crippen MR) is 85.7 cm³/mol. The number of anilines is 1. The van der Waals surface area contributed by atoms with E-state index in [0.717, 1.165) is 37.3 Å². The Morgan fingerprint density at radius 2 is 1.95 bits per heavy atom.